The first-order valence-electron chi connectivity index (χ1n) is 10.0. The number of imide groups is 1. The highest BCUT2D eigenvalue weighted by molar-refractivity contribution is 6.33. The van der Waals surface area contributed by atoms with Gasteiger partial charge in [-0.25, -0.2) is 15.0 Å². The first kappa shape index (κ1) is 19.1. The third-order valence-corrected chi connectivity index (χ3v) is 6.23. The summed E-state index contributed by atoms with van der Waals surface area (Å²) < 4.78 is 8.01. The van der Waals surface area contributed by atoms with Crippen LogP contribution in [-0.2, 0) is 11.5 Å². The summed E-state index contributed by atoms with van der Waals surface area (Å²) in [5, 5.41) is 0.289. The van der Waals surface area contributed by atoms with E-state index in [9.17, 15) is 9.59 Å². The second-order valence-corrected chi connectivity index (χ2v) is 8.05. The minimum absolute atomic E-state index is 0.203. The van der Waals surface area contributed by atoms with Gasteiger partial charge in [0, 0.05) is 0 Å². The fourth-order valence-corrected chi connectivity index (χ4v) is 4.55. The van der Waals surface area contributed by atoms with Gasteiger partial charge < -0.3 is 4.74 Å². The Morgan fingerprint density at radius 3 is 2.47 bits per heavy atom. The van der Waals surface area contributed by atoms with Gasteiger partial charge >= 0.3 is 0 Å². The zero-order valence-electron chi connectivity index (χ0n) is 16.2. The number of imidazole rings is 1. The average Bonchev–Trinajstić information content (AvgIpc) is 3.48. The van der Waals surface area contributed by atoms with E-state index in [1.165, 1.54) is 11.2 Å². The highest BCUT2D eigenvalue weighted by Gasteiger charge is 2.38. The lowest BCUT2D eigenvalue weighted by Gasteiger charge is -2.27. The first-order chi connectivity index (χ1) is 14.6. The Kier molecular flexibility index (Phi) is 4.96. The van der Waals surface area contributed by atoms with Crippen LogP contribution in [0.1, 0.15) is 46.4 Å². The van der Waals surface area contributed by atoms with E-state index in [-0.39, 0.29) is 36.3 Å². The number of aromatic nitrogens is 4. The topological polar surface area (TPSA) is 90.2 Å². The molecule has 1 aliphatic carbocycles. The Bertz CT molecular complexity index is 1090. The number of carbonyl (C=O) groups excluding carboxylic acids is 2. The summed E-state index contributed by atoms with van der Waals surface area (Å²) in [6.45, 7) is 0.438. The first-order valence-corrected chi connectivity index (χ1v) is 10.4. The molecule has 0 N–H and O–H groups in total. The van der Waals surface area contributed by atoms with Crippen molar-refractivity contribution in [2.75, 3.05) is 6.54 Å². The average molecular weight is 426 g/mol. The van der Waals surface area contributed by atoms with Gasteiger partial charge in [0.15, 0.2) is 10.8 Å². The van der Waals surface area contributed by atoms with Crippen molar-refractivity contribution >= 4 is 34.6 Å². The molecular formula is C21H20ClN5O3. The third-order valence-electron chi connectivity index (χ3n) is 5.95. The quantitative estimate of drug-likeness (QED) is 0.444. The SMILES string of the molecule is O=C1c2ccccc2C(=O)N1CC(OCn1cnc2c(Cl)ncnc21)C1CCCC1. The zero-order chi connectivity index (χ0) is 20.7. The Labute approximate surface area is 177 Å². The van der Waals surface area contributed by atoms with Crippen molar-refractivity contribution in [2.24, 2.45) is 5.92 Å². The van der Waals surface area contributed by atoms with Crippen molar-refractivity contribution < 1.29 is 14.3 Å². The van der Waals surface area contributed by atoms with Crippen LogP contribution in [0, 0.1) is 5.92 Å². The van der Waals surface area contributed by atoms with Gasteiger partial charge in [0.1, 0.15) is 18.6 Å². The molecule has 0 radical (unpaired) electrons. The van der Waals surface area contributed by atoms with E-state index in [1.54, 1.807) is 35.2 Å². The Morgan fingerprint density at radius 1 is 1.07 bits per heavy atom. The molecule has 3 aromatic rings. The molecule has 1 unspecified atom stereocenters. The summed E-state index contributed by atoms with van der Waals surface area (Å²) >= 11 is 6.08. The van der Waals surface area contributed by atoms with E-state index in [0.29, 0.717) is 28.2 Å². The number of ether oxygens (including phenoxy) is 1. The monoisotopic (exact) mass is 425 g/mol. The fourth-order valence-electron chi connectivity index (χ4n) is 4.37. The van der Waals surface area contributed by atoms with Crippen molar-refractivity contribution in [1.29, 1.82) is 0 Å². The van der Waals surface area contributed by atoms with Gasteiger partial charge in [-0.1, -0.05) is 36.6 Å². The van der Waals surface area contributed by atoms with Crippen LogP contribution in [0.15, 0.2) is 36.9 Å². The second-order valence-electron chi connectivity index (χ2n) is 7.70. The molecule has 2 aromatic heterocycles. The van der Waals surface area contributed by atoms with Crippen LogP contribution in [0.5, 0.6) is 0 Å². The molecule has 1 aromatic carbocycles. The van der Waals surface area contributed by atoms with Gasteiger partial charge in [-0.05, 0) is 30.9 Å². The second kappa shape index (κ2) is 7.77. The van der Waals surface area contributed by atoms with Crippen molar-refractivity contribution in [2.45, 2.75) is 38.5 Å². The van der Waals surface area contributed by atoms with E-state index in [1.807, 2.05) is 0 Å². The van der Waals surface area contributed by atoms with Gasteiger partial charge in [-0.2, -0.15) is 0 Å². The molecule has 9 heteroatoms. The molecule has 1 aliphatic heterocycles. The third kappa shape index (κ3) is 3.26. The molecule has 0 spiro atoms. The van der Waals surface area contributed by atoms with Crippen LogP contribution >= 0.6 is 11.6 Å². The maximum Gasteiger partial charge on any atom is 0.261 e. The summed E-state index contributed by atoms with van der Waals surface area (Å²) in [4.78, 5) is 39.4. The summed E-state index contributed by atoms with van der Waals surface area (Å²) in [5.74, 6) is -0.216. The lowest BCUT2D eigenvalue weighted by Crippen LogP contribution is -2.41. The van der Waals surface area contributed by atoms with Crippen LogP contribution in [-0.4, -0.2) is 48.9 Å². The number of rotatable bonds is 6. The molecule has 2 amide bonds. The maximum atomic E-state index is 12.8. The highest BCUT2D eigenvalue weighted by Crippen LogP contribution is 2.32. The minimum atomic E-state index is -0.260. The van der Waals surface area contributed by atoms with Gasteiger partial charge in [0.05, 0.1) is 30.1 Å². The molecule has 1 fully saturated rings. The molecule has 1 atom stereocenters. The number of fused-ring (bicyclic) bond motifs is 2. The van der Waals surface area contributed by atoms with E-state index in [2.05, 4.69) is 15.0 Å². The normalized spacial score (nSPS) is 17.8. The van der Waals surface area contributed by atoms with Crippen LogP contribution in [0.25, 0.3) is 11.2 Å². The van der Waals surface area contributed by atoms with E-state index in [4.69, 9.17) is 16.3 Å². The number of carbonyl (C=O) groups is 2. The van der Waals surface area contributed by atoms with Crippen LogP contribution in [0.2, 0.25) is 5.15 Å². The summed E-state index contributed by atoms with van der Waals surface area (Å²) in [7, 11) is 0. The number of nitrogens with zero attached hydrogens (tertiary/aromatic N) is 5. The number of amides is 2. The number of hydrogen-bond acceptors (Lipinski definition) is 6. The molecule has 30 heavy (non-hydrogen) atoms. The Balaban J connectivity index is 1.36. The standard InChI is InChI=1S/C21H20ClN5O3/c22-18-17-19(24-10-23-18)26(11-25-17)12-30-16(13-5-1-2-6-13)9-27-20(28)14-7-3-4-8-15(14)21(27)29/h3-4,7-8,10-11,13,16H,1-2,5-6,9,12H2. The molecule has 3 heterocycles. The fraction of sp³-hybridized carbons (Fsp3) is 0.381. The van der Waals surface area contributed by atoms with Crippen LogP contribution < -0.4 is 0 Å². The maximum absolute atomic E-state index is 12.8. The smallest absolute Gasteiger partial charge is 0.261 e. The summed E-state index contributed by atoms with van der Waals surface area (Å²) in [6, 6.07) is 6.94. The van der Waals surface area contributed by atoms with Gasteiger partial charge in [-0.15, -0.1) is 0 Å². The van der Waals surface area contributed by atoms with E-state index < -0.39 is 0 Å². The predicted octanol–water partition coefficient (Wildman–Crippen LogP) is 3.31. The molecular weight excluding hydrogens is 406 g/mol. The van der Waals surface area contributed by atoms with Crippen molar-refractivity contribution in [3.8, 4) is 0 Å². The minimum Gasteiger partial charge on any atom is -0.355 e. The largest absolute Gasteiger partial charge is 0.355 e. The Hall–Kier alpha value is -2.84. The van der Waals surface area contributed by atoms with Gasteiger partial charge in [-0.3, -0.25) is 19.1 Å². The lowest BCUT2D eigenvalue weighted by molar-refractivity contribution is -0.0353. The molecule has 2 aliphatic rings. The molecule has 1 saturated carbocycles. The molecule has 0 bridgehead atoms. The lowest BCUT2D eigenvalue weighted by atomic mass is 10.0. The highest BCUT2D eigenvalue weighted by atomic mass is 35.5. The Morgan fingerprint density at radius 2 is 1.77 bits per heavy atom. The number of halogens is 1. The van der Waals surface area contributed by atoms with E-state index >= 15 is 0 Å². The molecule has 8 nitrogen and oxygen atoms in total. The molecule has 5 rings (SSSR count). The van der Waals surface area contributed by atoms with Gasteiger partial charge in [0.2, 0.25) is 0 Å². The van der Waals surface area contributed by atoms with E-state index in [0.717, 1.165) is 25.7 Å². The predicted molar refractivity (Wildman–Crippen MR) is 109 cm³/mol. The van der Waals surface area contributed by atoms with Crippen LogP contribution in [0.3, 0.4) is 0 Å². The number of hydrogen-bond donors (Lipinski definition) is 0. The summed E-state index contributed by atoms with van der Waals surface area (Å²) in [5.41, 5.74) is 2.01. The molecule has 0 saturated heterocycles. The van der Waals surface area contributed by atoms with Crippen molar-refractivity contribution in [3.05, 3.63) is 53.2 Å². The molecule has 154 valence electrons. The van der Waals surface area contributed by atoms with Crippen LogP contribution in [0.4, 0.5) is 0 Å². The summed E-state index contributed by atoms with van der Waals surface area (Å²) in [6.07, 6.45) is 7.03. The number of benzene rings is 1. The van der Waals surface area contributed by atoms with Crippen molar-refractivity contribution in [3.63, 3.8) is 0 Å². The van der Waals surface area contributed by atoms with Gasteiger partial charge in [0.25, 0.3) is 11.8 Å². The van der Waals surface area contributed by atoms with Crippen molar-refractivity contribution in [1.82, 2.24) is 24.4 Å². The zero-order valence-corrected chi connectivity index (χ0v) is 17.0.